The van der Waals surface area contributed by atoms with Gasteiger partial charge in [0.2, 0.25) is 0 Å². The number of hydrogen-bond donors (Lipinski definition) is 0. The second-order valence-corrected chi connectivity index (χ2v) is 7.34. The number of nitriles is 4. The molecule has 0 N–H and O–H groups in total. The van der Waals surface area contributed by atoms with Gasteiger partial charge in [-0.15, -0.1) is 0 Å². The zero-order valence-electron chi connectivity index (χ0n) is 17.0. The van der Waals surface area contributed by atoms with E-state index in [1.165, 1.54) is 0 Å². The van der Waals surface area contributed by atoms with Crippen LogP contribution in [0.25, 0.3) is 54.8 Å². The van der Waals surface area contributed by atoms with Gasteiger partial charge in [0.05, 0.1) is 22.1 Å². The topological polar surface area (TPSA) is 131 Å². The zero-order valence-corrected chi connectivity index (χ0v) is 17.0. The Morgan fingerprint density at radius 2 is 1.28 bits per heavy atom. The fourth-order valence-electron chi connectivity index (χ4n) is 4.23. The molecule has 0 bridgehead atoms. The van der Waals surface area contributed by atoms with Gasteiger partial charge in [-0.2, -0.15) is 21.0 Å². The Morgan fingerprint density at radius 1 is 0.688 bits per heavy atom. The van der Waals surface area contributed by atoms with Gasteiger partial charge in [0.25, 0.3) is 0 Å². The van der Waals surface area contributed by atoms with Crippen LogP contribution in [0.4, 0.5) is 0 Å². The second kappa shape index (κ2) is 6.67. The maximum absolute atomic E-state index is 9.27. The van der Waals surface area contributed by atoms with E-state index < -0.39 is 0 Å². The van der Waals surface area contributed by atoms with Crippen LogP contribution in [0, 0.1) is 45.3 Å². The molecule has 0 fully saturated rings. The van der Waals surface area contributed by atoms with Gasteiger partial charge in [-0.05, 0) is 34.4 Å². The summed E-state index contributed by atoms with van der Waals surface area (Å²) in [6, 6.07) is 19.4. The predicted molar refractivity (Wildman–Crippen MR) is 119 cm³/mol. The third kappa shape index (κ3) is 2.39. The molecule has 0 saturated carbocycles. The third-order valence-corrected chi connectivity index (χ3v) is 5.74. The Kier molecular flexibility index (Phi) is 3.93. The molecule has 0 unspecified atom stereocenters. The molecule has 0 atom stereocenters. The first-order chi connectivity index (χ1) is 15.5. The first kappa shape index (κ1) is 18.8. The van der Waals surface area contributed by atoms with Crippen LogP contribution < -0.4 is 11.0 Å². The van der Waals surface area contributed by atoms with Crippen molar-refractivity contribution in [2.45, 2.75) is 0 Å². The molecule has 2 aromatic heterocycles. The Balaban J connectivity index is 1.96. The molecule has 0 aliphatic rings. The minimum Gasteiger partial charge on any atom is -0.326 e. The zero-order chi connectivity index (χ0) is 22.6. The van der Waals surface area contributed by atoms with Crippen molar-refractivity contribution in [3.63, 3.8) is 0 Å². The van der Waals surface area contributed by atoms with Gasteiger partial charge in [-0.3, -0.25) is 0 Å². The van der Waals surface area contributed by atoms with Gasteiger partial charge in [-0.25, -0.2) is 9.97 Å². The molecule has 0 radical (unpaired) electrons. The van der Waals surface area contributed by atoms with Crippen LogP contribution in [-0.4, -0.2) is 19.1 Å². The van der Waals surface area contributed by atoms with Crippen molar-refractivity contribution in [3.8, 4) is 24.3 Å². The molecule has 0 aliphatic carbocycles. The summed E-state index contributed by atoms with van der Waals surface area (Å²) in [5, 5.41) is 40.9. The van der Waals surface area contributed by atoms with Crippen LogP contribution in [0.5, 0.6) is 0 Å². The summed E-state index contributed by atoms with van der Waals surface area (Å²) in [6.07, 6.45) is 0. The molecule has 5 rings (SSSR count). The molecule has 8 nitrogen and oxygen atoms in total. The number of aromatic nitrogens is 4. The summed E-state index contributed by atoms with van der Waals surface area (Å²) >= 11 is 0. The second-order valence-electron chi connectivity index (χ2n) is 7.34. The standard InChI is InChI=1S/C24H12N8/c1-31-21-8-18-13(7-20(21)30-23(31)14(9-25)10-26)3-4-17-16(18)5-6-19-22(17)32(2)24(29-19)15(11-27)12-28/h3-8H,1-2H3. The van der Waals surface area contributed by atoms with Gasteiger partial charge < -0.3 is 9.13 Å². The molecular weight excluding hydrogens is 400 g/mol. The predicted octanol–water partition coefficient (Wildman–Crippen LogP) is 2.16. The fraction of sp³-hybridized carbons (Fsp3) is 0.0833. The largest absolute Gasteiger partial charge is 0.326 e. The van der Waals surface area contributed by atoms with Crippen LogP contribution in [0.2, 0.25) is 0 Å². The molecule has 8 heteroatoms. The van der Waals surface area contributed by atoms with Crippen molar-refractivity contribution < 1.29 is 0 Å². The Hall–Kier alpha value is -5.18. The van der Waals surface area contributed by atoms with E-state index in [2.05, 4.69) is 9.97 Å². The van der Waals surface area contributed by atoms with Gasteiger partial charge in [0.15, 0.2) is 22.1 Å². The van der Waals surface area contributed by atoms with Crippen LogP contribution in [0.3, 0.4) is 0 Å². The monoisotopic (exact) mass is 412 g/mol. The van der Waals surface area contributed by atoms with Gasteiger partial charge in [0.1, 0.15) is 24.3 Å². The molecule has 148 valence electrons. The fourth-order valence-corrected chi connectivity index (χ4v) is 4.23. The van der Waals surface area contributed by atoms with Gasteiger partial charge in [-0.1, -0.05) is 18.2 Å². The number of hydrogen-bond acceptors (Lipinski definition) is 6. The van der Waals surface area contributed by atoms with Crippen LogP contribution in [-0.2, 0) is 14.1 Å². The summed E-state index contributed by atoms with van der Waals surface area (Å²) in [6.45, 7) is 0. The SMILES string of the molecule is Cn1c(=C(C#N)C#N)nc2cc3ccc4c(ccc5nc(=C(C#N)C#N)n(C)c54)c3cc21. The van der Waals surface area contributed by atoms with Crippen molar-refractivity contribution in [1.29, 1.82) is 21.0 Å². The highest BCUT2D eigenvalue weighted by Crippen LogP contribution is 2.32. The molecule has 3 aromatic carbocycles. The third-order valence-electron chi connectivity index (χ3n) is 5.74. The van der Waals surface area contributed by atoms with Crippen molar-refractivity contribution in [1.82, 2.24) is 19.1 Å². The van der Waals surface area contributed by atoms with E-state index in [-0.39, 0.29) is 11.1 Å². The number of aryl methyl sites for hydroxylation is 2. The number of nitrogens with zero attached hydrogens (tertiary/aromatic N) is 8. The van der Waals surface area contributed by atoms with E-state index in [1.807, 2.05) is 60.7 Å². The Morgan fingerprint density at radius 3 is 1.94 bits per heavy atom. The van der Waals surface area contributed by atoms with Crippen molar-refractivity contribution >= 4 is 54.8 Å². The smallest absolute Gasteiger partial charge is 0.172 e. The summed E-state index contributed by atoms with van der Waals surface area (Å²) in [7, 11) is 3.57. The minimum atomic E-state index is -0.0382. The van der Waals surface area contributed by atoms with E-state index in [0.29, 0.717) is 22.0 Å². The summed E-state index contributed by atoms with van der Waals surface area (Å²) < 4.78 is 3.52. The summed E-state index contributed by atoms with van der Waals surface area (Å²) in [4.78, 5) is 8.99. The first-order valence-electron chi connectivity index (χ1n) is 9.55. The normalized spacial score (nSPS) is 10.7. The quantitative estimate of drug-likeness (QED) is 0.358. The Bertz CT molecular complexity index is 1910. The van der Waals surface area contributed by atoms with Gasteiger partial charge >= 0.3 is 0 Å². The average Bonchev–Trinajstić information content (AvgIpc) is 3.31. The van der Waals surface area contributed by atoms with E-state index in [0.717, 1.165) is 32.6 Å². The van der Waals surface area contributed by atoms with E-state index in [1.54, 1.807) is 23.2 Å². The van der Waals surface area contributed by atoms with E-state index in [9.17, 15) is 21.0 Å². The maximum atomic E-state index is 9.27. The lowest BCUT2D eigenvalue weighted by Gasteiger charge is -2.07. The number of fused-ring (bicyclic) bond motifs is 6. The molecule has 0 aliphatic heterocycles. The summed E-state index contributed by atoms with van der Waals surface area (Å²) in [5.74, 6) is 0. The Labute approximate surface area is 181 Å². The van der Waals surface area contributed by atoms with E-state index in [4.69, 9.17) is 0 Å². The number of benzene rings is 3. The van der Waals surface area contributed by atoms with Crippen molar-refractivity contribution in [2.24, 2.45) is 14.1 Å². The van der Waals surface area contributed by atoms with Crippen molar-refractivity contribution in [3.05, 3.63) is 47.4 Å². The average molecular weight is 412 g/mol. The van der Waals surface area contributed by atoms with Crippen LogP contribution >= 0.6 is 0 Å². The van der Waals surface area contributed by atoms with Gasteiger partial charge in [0, 0.05) is 19.5 Å². The molecule has 32 heavy (non-hydrogen) atoms. The van der Waals surface area contributed by atoms with Crippen LogP contribution in [0.1, 0.15) is 0 Å². The highest BCUT2D eigenvalue weighted by atomic mass is 15.0. The number of imidazole rings is 2. The minimum absolute atomic E-state index is 0.0381. The first-order valence-corrected chi connectivity index (χ1v) is 9.55. The van der Waals surface area contributed by atoms with E-state index >= 15 is 0 Å². The highest BCUT2D eigenvalue weighted by Gasteiger charge is 2.14. The molecular formula is C24H12N8. The summed E-state index contributed by atoms with van der Waals surface area (Å²) in [5.41, 5.74) is 3.62. The lowest BCUT2D eigenvalue weighted by molar-refractivity contribution is 0.897. The lowest BCUT2D eigenvalue weighted by Crippen LogP contribution is -2.17. The molecule has 2 heterocycles. The molecule has 0 spiro atoms. The van der Waals surface area contributed by atoms with Crippen molar-refractivity contribution in [2.75, 3.05) is 0 Å². The highest BCUT2D eigenvalue weighted by molar-refractivity contribution is 6.17. The molecule has 0 amide bonds. The maximum Gasteiger partial charge on any atom is 0.172 e. The lowest BCUT2D eigenvalue weighted by atomic mass is 10.0. The number of rotatable bonds is 0. The molecule has 5 aromatic rings. The molecule has 0 saturated heterocycles. The van der Waals surface area contributed by atoms with Crippen LogP contribution in [0.15, 0.2) is 36.4 Å².